The molecule has 0 aromatic heterocycles. The van der Waals surface area contributed by atoms with Crippen molar-refractivity contribution in [2.24, 2.45) is 11.8 Å². The van der Waals surface area contributed by atoms with E-state index in [1.165, 1.54) is 7.11 Å². The number of methoxy groups -OCH3 is 1. The highest BCUT2D eigenvalue weighted by molar-refractivity contribution is 6.18. The standard InChI is InChI=1S/C12H21ClO4/c1-5-17-11(15)6-9(14)12(8(2)3)10(7-13)16-4/h8,10,12H,5-7H2,1-4H3/t10-,12-/m1/s1. The van der Waals surface area contributed by atoms with Crippen molar-refractivity contribution in [2.45, 2.75) is 33.3 Å². The van der Waals surface area contributed by atoms with Crippen LogP contribution in [-0.4, -0.2) is 37.5 Å². The molecule has 2 atom stereocenters. The maximum atomic E-state index is 12.0. The highest BCUT2D eigenvalue weighted by Gasteiger charge is 2.31. The molecule has 0 heterocycles. The third-order valence-corrected chi connectivity index (χ3v) is 2.87. The highest BCUT2D eigenvalue weighted by atomic mass is 35.5. The van der Waals surface area contributed by atoms with Crippen LogP contribution in [0.25, 0.3) is 0 Å². The second kappa shape index (κ2) is 8.48. The Morgan fingerprint density at radius 3 is 2.24 bits per heavy atom. The Bertz CT molecular complexity index is 249. The van der Waals surface area contributed by atoms with Gasteiger partial charge in [-0.15, -0.1) is 11.6 Å². The van der Waals surface area contributed by atoms with Gasteiger partial charge >= 0.3 is 5.97 Å². The van der Waals surface area contributed by atoms with Crippen molar-refractivity contribution < 1.29 is 19.1 Å². The van der Waals surface area contributed by atoms with E-state index in [2.05, 4.69) is 0 Å². The third kappa shape index (κ3) is 5.50. The third-order valence-electron chi connectivity index (χ3n) is 2.57. The van der Waals surface area contributed by atoms with E-state index in [4.69, 9.17) is 21.1 Å². The van der Waals surface area contributed by atoms with Crippen LogP contribution in [0.4, 0.5) is 0 Å². The molecule has 0 aromatic rings. The Kier molecular flexibility index (Phi) is 8.17. The molecule has 4 nitrogen and oxygen atoms in total. The zero-order valence-electron chi connectivity index (χ0n) is 10.9. The van der Waals surface area contributed by atoms with E-state index in [-0.39, 0.29) is 42.6 Å². The van der Waals surface area contributed by atoms with Gasteiger partial charge in [-0.05, 0) is 12.8 Å². The number of alkyl halides is 1. The molecule has 0 unspecified atom stereocenters. The van der Waals surface area contributed by atoms with Crippen LogP contribution >= 0.6 is 11.6 Å². The molecule has 100 valence electrons. The van der Waals surface area contributed by atoms with Crippen LogP contribution in [0.15, 0.2) is 0 Å². The molecular weight excluding hydrogens is 244 g/mol. The van der Waals surface area contributed by atoms with Crippen molar-refractivity contribution in [2.75, 3.05) is 19.6 Å². The SMILES string of the molecule is CCOC(=O)CC(=O)[C@@H](C(C)C)[C@@H](CCl)OC. The minimum Gasteiger partial charge on any atom is -0.466 e. The summed E-state index contributed by atoms with van der Waals surface area (Å²) < 4.78 is 9.94. The molecule has 0 N–H and O–H groups in total. The first-order valence-electron chi connectivity index (χ1n) is 5.74. The molecule has 0 aliphatic rings. The Morgan fingerprint density at radius 1 is 1.29 bits per heavy atom. The van der Waals surface area contributed by atoms with E-state index in [0.717, 1.165) is 0 Å². The molecule has 0 aromatic carbocycles. The van der Waals surface area contributed by atoms with Crippen LogP contribution < -0.4 is 0 Å². The predicted molar refractivity (Wildman–Crippen MR) is 66.1 cm³/mol. The van der Waals surface area contributed by atoms with Crippen LogP contribution in [0.3, 0.4) is 0 Å². The lowest BCUT2D eigenvalue weighted by molar-refractivity contribution is -0.147. The number of rotatable bonds is 8. The summed E-state index contributed by atoms with van der Waals surface area (Å²) in [6.45, 7) is 5.80. The molecule has 5 heteroatoms. The number of ketones is 1. The van der Waals surface area contributed by atoms with Crippen molar-refractivity contribution in [1.82, 2.24) is 0 Å². The molecule has 0 radical (unpaired) electrons. The topological polar surface area (TPSA) is 52.6 Å². The van der Waals surface area contributed by atoms with Crippen LogP contribution in [0, 0.1) is 11.8 Å². The maximum Gasteiger partial charge on any atom is 0.313 e. The fraction of sp³-hybridized carbons (Fsp3) is 0.833. The normalized spacial score (nSPS) is 14.5. The lowest BCUT2D eigenvalue weighted by atomic mass is 9.85. The fourth-order valence-corrected chi connectivity index (χ4v) is 2.10. The van der Waals surface area contributed by atoms with Gasteiger partial charge in [0.1, 0.15) is 12.2 Å². The van der Waals surface area contributed by atoms with Crippen molar-refractivity contribution in [1.29, 1.82) is 0 Å². The molecule has 0 rings (SSSR count). The fourth-order valence-electron chi connectivity index (χ4n) is 1.79. The van der Waals surface area contributed by atoms with E-state index < -0.39 is 5.97 Å². The van der Waals surface area contributed by atoms with Crippen LogP contribution in [0.1, 0.15) is 27.2 Å². The van der Waals surface area contributed by atoms with Gasteiger partial charge in [0.15, 0.2) is 0 Å². The van der Waals surface area contributed by atoms with Crippen molar-refractivity contribution in [3.05, 3.63) is 0 Å². The highest BCUT2D eigenvalue weighted by Crippen LogP contribution is 2.21. The summed E-state index contributed by atoms with van der Waals surface area (Å²) in [4.78, 5) is 23.3. The number of esters is 1. The van der Waals surface area contributed by atoms with E-state index in [9.17, 15) is 9.59 Å². The van der Waals surface area contributed by atoms with Crippen molar-refractivity contribution >= 4 is 23.4 Å². The first-order valence-corrected chi connectivity index (χ1v) is 6.28. The van der Waals surface area contributed by atoms with Gasteiger partial charge in [0, 0.05) is 18.9 Å². The molecule has 0 aliphatic heterocycles. The average molecular weight is 265 g/mol. The molecule has 0 aliphatic carbocycles. The van der Waals surface area contributed by atoms with Gasteiger partial charge in [0.2, 0.25) is 0 Å². The predicted octanol–water partition coefficient (Wildman–Crippen LogP) is 2.03. The first-order chi connectivity index (χ1) is 7.97. The number of hydrogen-bond acceptors (Lipinski definition) is 4. The Morgan fingerprint density at radius 2 is 1.88 bits per heavy atom. The molecule has 0 saturated heterocycles. The maximum absolute atomic E-state index is 12.0. The summed E-state index contributed by atoms with van der Waals surface area (Å²) in [7, 11) is 1.51. The second-order valence-corrected chi connectivity index (χ2v) is 4.45. The average Bonchev–Trinajstić information content (AvgIpc) is 2.24. The van der Waals surface area contributed by atoms with Crippen molar-refractivity contribution in [3.8, 4) is 0 Å². The number of Topliss-reactive ketones (excluding diaryl/α,β-unsaturated/α-hetero) is 1. The number of hydrogen-bond donors (Lipinski definition) is 0. The molecule has 0 amide bonds. The summed E-state index contributed by atoms with van der Waals surface area (Å²) in [5.74, 6) is -0.741. The van der Waals surface area contributed by atoms with Crippen LogP contribution in [-0.2, 0) is 19.1 Å². The van der Waals surface area contributed by atoms with Gasteiger partial charge in [-0.1, -0.05) is 13.8 Å². The Balaban J connectivity index is 4.60. The molecule has 0 saturated carbocycles. The summed E-state index contributed by atoms with van der Waals surface area (Å²) in [6, 6.07) is 0. The minimum atomic E-state index is -0.493. The number of carbonyl (C=O) groups is 2. The Hall–Kier alpha value is -0.610. The van der Waals surface area contributed by atoms with Gasteiger partial charge in [-0.25, -0.2) is 0 Å². The molecule has 17 heavy (non-hydrogen) atoms. The summed E-state index contributed by atoms with van der Waals surface area (Å²) in [5.41, 5.74) is 0. The Labute approximate surface area is 108 Å². The van der Waals surface area contributed by atoms with Crippen molar-refractivity contribution in [3.63, 3.8) is 0 Å². The van der Waals surface area contributed by atoms with Crippen LogP contribution in [0.2, 0.25) is 0 Å². The number of halogens is 1. The monoisotopic (exact) mass is 264 g/mol. The van der Waals surface area contributed by atoms with Gasteiger partial charge in [-0.2, -0.15) is 0 Å². The number of carbonyl (C=O) groups excluding carboxylic acids is 2. The lowest BCUT2D eigenvalue weighted by Crippen LogP contribution is -2.36. The van der Waals surface area contributed by atoms with E-state index in [0.29, 0.717) is 0 Å². The van der Waals surface area contributed by atoms with E-state index >= 15 is 0 Å². The van der Waals surface area contributed by atoms with Gasteiger partial charge < -0.3 is 9.47 Å². The number of ether oxygens (including phenoxy) is 2. The summed E-state index contributed by atoms with van der Waals surface area (Å²) in [5, 5.41) is 0. The second-order valence-electron chi connectivity index (χ2n) is 4.15. The zero-order chi connectivity index (χ0) is 13.4. The smallest absolute Gasteiger partial charge is 0.313 e. The van der Waals surface area contributed by atoms with Crippen LogP contribution in [0.5, 0.6) is 0 Å². The lowest BCUT2D eigenvalue weighted by Gasteiger charge is -2.26. The quantitative estimate of drug-likeness (QED) is 0.382. The molecule has 0 fully saturated rings. The van der Waals surface area contributed by atoms with Gasteiger partial charge in [-0.3, -0.25) is 9.59 Å². The first kappa shape index (κ1) is 16.4. The van der Waals surface area contributed by atoms with E-state index in [1.807, 2.05) is 13.8 Å². The van der Waals surface area contributed by atoms with Gasteiger partial charge in [0.25, 0.3) is 0 Å². The van der Waals surface area contributed by atoms with E-state index in [1.54, 1.807) is 6.92 Å². The zero-order valence-corrected chi connectivity index (χ0v) is 11.6. The minimum absolute atomic E-state index is 0.0700. The molecule has 0 bridgehead atoms. The summed E-state index contributed by atoms with van der Waals surface area (Å²) in [6.07, 6.45) is -0.577. The van der Waals surface area contributed by atoms with Gasteiger partial charge in [0.05, 0.1) is 12.7 Å². The molecular formula is C12H21ClO4. The molecule has 0 spiro atoms. The largest absolute Gasteiger partial charge is 0.466 e. The summed E-state index contributed by atoms with van der Waals surface area (Å²) >= 11 is 5.75.